The Morgan fingerprint density at radius 1 is 1.19 bits per heavy atom. The number of fused-ring (bicyclic) bond motifs is 2. The summed E-state index contributed by atoms with van der Waals surface area (Å²) in [5.41, 5.74) is 2.43. The molecule has 0 spiro atoms. The molecular weight excluding hydrogens is 344 g/mol. The second kappa shape index (κ2) is 6.77. The van der Waals surface area contributed by atoms with Crippen LogP contribution >= 0.6 is 0 Å². The molecule has 1 aromatic carbocycles. The van der Waals surface area contributed by atoms with E-state index >= 15 is 0 Å². The largest absolute Gasteiger partial charge is 0.381 e. The SMILES string of the molecule is O=C(c1ccc2nc[nH]c2c1)N1CCc2nc(C3CCOCC3)nn2CC1. The number of carbonyl (C=O) groups excluding carboxylic acids is 1. The van der Waals surface area contributed by atoms with E-state index in [-0.39, 0.29) is 5.91 Å². The standard InChI is InChI=1S/C19H22N6O2/c26-19(14-1-2-15-16(11-14)21-12-20-15)24-6-3-17-22-18(23-25(17)8-7-24)13-4-9-27-10-5-13/h1-2,11-13H,3-10H2,(H,20,21). The smallest absolute Gasteiger partial charge is 0.254 e. The fraction of sp³-hybridized carbons (Fsp3) is 0.474. The molecule has 1 fully saturated rings. The third-order valence-electron chi connectivity index (χ3n) is 5.49. The van der Waals surface area contributed by atoms with Gasteiger partial charge in [0.2, 0.25) is 0 Å². The second-order valence-electron chi connectivity index (χ2n) is 7.17. The summed E-state index contributed by atoms with van der Waals surface area (Å²) in [5.74, 6) is 2.37. The van der Waals surface area contributed by atoms with Gasteiger partial charge in [-0.05, 0) is 31.0 Å². The first-order chi connectivity index (χ1) is 13.3. The van der Waals surface area contributed by atoms with E-state index in [2.05, 4.69) is 9.97 Å². The van der Waals surface area contributed by atoms with Gasteiger partial charge in [0, 0.05) is 44.2 Å². The van der Waals surface area contributed by atoms with Gasteiger partial charge in [0.15, 0.2) is 5.82 Å². The molecule has 3 aromatic rings. The zero-order chi connectivity index (χ0) is 18.2. The van der Waals surface area contributed by atoms with Gasteiger partial charge < -0.3 is 14.6 Å². The molecule has 0 saturated carbocycles. The summed E-state index contributed by atoms with van der Waals surface area (Å²) in [6, 6.07) is 5.59. The van der Waals surface area contributed by atoms with E-state index in [1.165, 1.54) is 0 Å². The van der Waals surface area contributed by atoms with E-state index in [1.807, 2.05) is 27.8 Å². The van der Waals surface area contributed by atoms with Gasteiger partial charge in [-0.25, -0.2) is 14.6 Å². The Balaban J connectivity index is 1.30. The molecule has 5 rings (SSSR count). The second-order valence-corrected chi connectivity index (χ2v) is 7.17. The Bertz CT molecular complexity index is 946. The Morgan fingerprint density at radius 2 is 2.07 bits per heavy atom. The van der Waals surface area contributed by atoms with Crippen molar-refractivity contribution < 1.29 is 9.53 Å². The van der Waals surface area contributed by atoms with Crippen LogP contribution in [0.2, 0.25) is 0 Å². The summed E-state index contributed by atoms with van der Waals surface area (Å²) >= 11 is 0. The first-order valence-electron chi connectivity index (χ1n) is 9.52. The van der Waals surface area contributed by atoms with Gasteiger partial charge >= 0.3 is 0 Å². The summed E-state index contributed by atoms with van der Waals surface area (Å²) in [4.78, 5) is 26.9. The summed E-state index contributed by atoms with van der Waals surface area (Å²) in [7, 11) is 0. The molecule has 1 N–H and O–H groups in total. The Kier molecular flexibility index (Phi) is 4.12. The molecule has 2 aromatic heterocycles. The third-order valence-corrected chi connectivity index (χ3v) is 5.49. The average Bonchev–Trinajstić information content (AvgIpc) is 3.30. The monoisotopic (exact) mass is 366 g/mol. The minimum Gasteiger partial charge on any atom is -0.381 e. The van der Waals surface area contributed by atoms with Crippen molar-refractivity contribution in [3.8, 4) is 0 Å². The number of rotatable bonds is 2. The number of imidazole rings is 1. The van der Waals surface area contributed by atoms with Crippen LogP contribution in [0.25, 0.3) is 11.0 Å². The summed E-state index contributed by atoms with van der Waals surface area (Å²) in [6.45, 7) is 3.56. The van der Waals surface area contributed by atoms with Gasteiger partial charge in [-0.3, -0.25) is 4.79 Å². The average molecular weight is 366 g/mol. The van der Waals surface area contributed by atoms with Gasteiger partial charge in [0.1, 0.15) is 5.82 Å². The maximum absolute atomic E-state index is 12.9. The summed E-state index contributed by atoms with van der Waals surface area (Å²) in [6.07, 6.45) is 4.36. The number of H-pyrrole nitrogens is 1. The predicted molar refractivity (Wildman–Crippen MR) is 98.5 cm³/mol. The topological polar surface area (TPSA) is 88.9 Å². The molecule has 1 amide bonds. The molecule has 2 aliphatic heterocycles. The van der Waals surface area contributed by atoms with E-state index < -0.39 is 0 Å². The fourth-order valence-electron chi connectivity index (χ4n) is 3.90. The van der Waals surface area contributed by atoms with Gasteiger partial charge in [-0.2, -0.15) is 5.10 Å². The van der Waals surface area contributed by atoms with Gasteiger partial charge in [0.05, 0.1) is 23.9 Å². The van der Waals surface area contributed by atoms with Gasteiger partial charge in [-0.1, -0.05) is 0 Å². The van der Waals surface area contributed by atoms with Crippen LogP contribution < -0.4 is 0 Å². The molecule has 8 heteroatoms. The van der Waals surface area contributed by atoms with Crippen molar-refractivity contribution in [2.24, 2.45) is 0 Å². The lowest BCUT2D eigenvalue weighted by Gasteiger charge is -2.20. The van der Waals surface area contributed by atoms with Crippen molar-refractivity contribution in [1.82, 2.24) is 29.6 Å². The molecule has 1 saturated heterocycles. The van der Waals surface area contributed by atoms with E-state index in [1.54, 1.807) is 6.33 Å². The van der Waals surface area contributed by atoms with Crippen molar-refractivity contribution in [3.05, 3.63) is 41.7 Å². The van der Waals surface area contributed by atoms with Crippen LogP contribution in [0, 0.1) is 0 Å². The van der Waals surface area contributed by atoms with Crippen LogP contribution in [-0.4, -0.2) is 61.8 Å². The van der Waals surface area contributed by atoms with Gasteiger partial charge in [-0.15, -0.1) is 0 Å². The minimum atomic E-state index is 0.0434. The lowest BCUT2D eigenvalue weighted by molar-refractivity contribution is 0.0756. The molecule has 140 valence electrons. The highest BCUT2D eigenvalue weighted by atomic mass is 16.5. The number of hydrogen-bond acceptors (Lipinski definition) is 5. The number of amides is 1. The number of carbonyl (C=O) groups is 1. The highest BCUT2D eigenvalue weighted by Gasteiger charge is 2.25. The van der Waals surface area contributed by atoms with E-state index in [9.17, 15) is 4.79 Å². The number of hydrogen-bond donors (Lipinski definition) is 1. The van der Waals surface area contributed by atoms with Crippen molar-refractivity contribution in [2.75, 3.05) is 26.3 Å². The van der Waals surface area contributed by atoms with Crippen LogP contribution in [-0.2, 0) is 17.7 Å². The van der Waals surface area contributed by atoms with Crippen molar-refractivity contribution in [3.63, 3.8) is 0 Å². The minimum absolute atomic E-state index is 0.0434. The Morgan fingerprint density at radius 3 is 2.96 bits per heavy atom. The lowest BCUT2D eigenvalue weighted by atomic mass is 10.00. The van der Waals surface area contributed by atoms with Crippen LogP contribution in [0.5, 0.6) is 0 Å². The number of nitrogens with zero attached hydrogens (tertiary/aromatic N) is 5. The number of benzene rings is 1. The maximum atomic E-state index is 12.9. The first-order valence-corrected chi connectivity index (χ1v) is 9.52. The van der Waals surface area contributed by atoms with Gasteiger partial charge in [0.25, 0.3) is 5.91 Å². The van der Waals surface area contributed by atoms with Crippen LogP contribution in [0.4, 0.5) is 0 Å². The van der Waals surface area contributed by atoms with Crippen LogP contribution in [0.1, 0.15) is 40.8 Å². The zero-order valence-electron chi connectivity index (χ0n) is 15.1. The maximum Gasteiger partial charge on any atom is 0.254 e. The number of nitrogens with one attached hydrogen (secondary N) is 1. The van der Waals surface area contributed by atoms with E-state index in [0.29, 0.717) is 31.1 Å². The molecule has 27 heavy (non-hydrogen) atoms. The molecule has 0 aliphatic carbocycles. The highest BCUT2D eigenvalue weighted by molar-refractivity contribution is 5.97. The third kappa shape index (κ3) is 3.10. The molecule has 8 nitrogen and oxygen atoms in total. The highest BCUT2D eigenvalue weighted by Crippen LogP contribution is 2.25. The van der Waals surface area contributed by atoms with Crippen molar-refractivity contribution in [1.29, 1.82) is 0 Å². The quantitative estimate of drug-likeness (QED) is 0.746. The zero-order valence-corrected chi connectivity index (χ0v) is 15.1. The fourth-order valence-corrected chi connectivity index (χ4v) is 3.90. The molecule has 0 bridgehead atoms. The first kappa shape index (κ1) is 16.4. The molecule has 4 heterocycles. The van der Waals surface area contributed by atoms with Crippen molar-refractivity contribution in [2.45, 2.75) is 31.7 Å². The molecule has 0 radical (unpaired) electrons. The normalized spacial score (nSPS) is 18.4. The summed E-state index contributed by atoms with van der Waals surface area (Å²) < 4.78 is 7.42. The Labute approximate surface area is 156 Å². The number of aromatic nitrogens is 5. The predicted octanol–water partition coefficient (Wildman–Crippen LogP) is 1.75. The molecule has 2 aliphatic rings. The summed E-state index contributed by atoms with van der Waals surface area (Å²) in [5, 5.41) is 4.73. The van der Waals surface area contributed by atoms with E-state index in [4.69, 9.17) is 14.8 Å². The molecule has 0 atom stereocenters. The molecular formula is C19H22N6O2. The van der Waals surface area contributed by atoms with Crippen LogP contribution in [0.15, 0.2) is 24.5 Å². The van der Waals surface area contributed by atoms with Crippen LogP contribution in [0.3, 0.4) is 0 Å². The Hall–Kier alpha value is -2.74. The molecule has 0 unspecified atom stereocenters. The number of ether oxygens (including phenoxy) is 1. The van der Waals surface area contributed by atoms with E-state index in [0.717, 1.165) is 55.2 Å². The lowest BCUT2D eigenvalue weighted by Crippen LogP contribution is -2.33. The number of aromatic amines is 1. The van der Waals surface area contributed by atoms with Crippen molar-refractivity contribution >= 4 is 16.9 Å².